The number of hydrogen-bond donors (Lipinski definition) is 0. The van der Waals surface area contributed by atoms with Crippen LogP contribution in [-0.2, 0) is 0 Å². The molecular formula is C19H22Cl2N4OS. The SMILES string of the molecule is O=C(c1cc(Cl)ccc1Cl)N1CCN(c2nnc(C3CCCCC3)s2)CC1. The molecule has 1 saturated heterocycles. The average Bonchev–Trinajstić information content (AvgIpc) is 3.20. The average molecular weight is 425 g/mol. The topological polar surface area (TPSA) is 49.3 Å². The van der Waals surface area contributed by atoms with Crippen molar-refractivity contribution in [1.29, 1.82) is 0 Å². The Bertz CT molecular complexity index is 814. The lowest BCUT2D eigenvalue weighted by atomic mass is 9.90. The fraction of sp³-hybridized carbons (Fsp3) is 0.526. The van der Waals surface area contributed by atoms with Crippen molar-refractivity contribution in [3.05, 3.63) is 38.8 Å². The highest BCUT2D eigenvalue weighted by Crippen LogP contribution is 2.36. The molecule has 1 aliphatic carbocycles. The van der Waals surface area contributed by atoms with Crippen LogP contribution in [0.15, 0.2) is 18.2 Å². The fourth-order valence-electron chi connectivity index (χ4n) is 3.80. The maximum atomic E-state index is 12.8. The van der Waals surface area contributed by atoms with Crippen molar-refractivity contribution in [3.63, 3.8) is 0 Å². The molecule has 4 rings (SSSR count). The number of rotatable bonds is 3. The van der Waals surface area contributed by atoms with Crippen molar-refractivity contribution < 1.29 is 4.79 Å². The molecule has 5 nitrogen and oxygen atoms in total. The quantitative estimate of drug-likeness (QED) is 0.705. The smallest absolute Gasteiger partial charge is 0.255 e. The van der Waals surface area contributed by atoms with Gasteiger partial charge < -0.3 is 9.80 Å². The summed E-state index contributed by atoms with van der Waals surface area (Å²) >= 11 is 13.9. The van der Waals surface area contributed by atoms with Crippen LogP contribution in [0.2, 0.25) is 10.0 Å². The molecule has 8 heteroatoms. The Morgan fingerprint density at radius 1 is 1.04 bits per heavy atom. The third kappa shape index (κ3) is 4.23. The van der Waals surface area contributed by atoms with Crippen molar-refractivity contribution in [2.75, 3.05) is 31.1 Å². The van der Waals surface area contributed by atoms with Gasteiger partial charge in [0.25, 0.3) is 5.91 Å². The van der Waals surface area contributed by atoms with Gasteiger partial charge in [0.15, 0.2) is 0 Å². The van der Waals surface area contributed by atoms with Crippen LogP contribution in [0.3, 0.4) is 0 Å². The van der Waals surface area contributed by atoms with E-state index in [0.29, 0.717) is 34.6 Å². The largest absolute Gasteiger partial charge is 0.343 e. The van der Waals surface area contributed by atoms with E-state index in [4.69, 9.17) is 23.2 Å². The summed E-state index contributed by atoms with van der Waals surface area (Å²) in [6.07, 6.45) is 6.41. The predicted octanol–water partition coefficient (Wildman–Crippen LogP) is 4.86. The second-order valence-corrected chi connectivity index (χ2v) is 8.99. The first-order chi connectivity index (χ1) is 13.1. The molecule has 1 aliphatic heterocycles. The third-order valence-corrected chi connectivity index (χ3v) is 7.09. The van der Waals surface area contributed by atoms with Crippen LogP contribution < -0.4 is 4.90 Å². The molecule has 0 spiro atoms. The molecule has 2 fully saturated rings. The Balaban J connectivity index is 1.38. The number of benzene rings is 1. The van der Waals surface area contributed by atoms with Gasteiger partial charge in [0, 0.05) is 37.1 Å². The van der Waals surface area contributed by atoms with E-state index in [1.165, 1.54) is 37.1 Å². The molecular weight excluding hydrogens is 403 g/mol. The van der Waals surface area contributed by atoms with Crippen LogP contribution in [0, 0.1) is 0 Å². The Morgan fingerprint density at radius 3 is 2.52 bits per heavy atom. The number of halogens is 2. The van der Waals surface area contributed by atoms with Crippen molar-refractivity contribution in [2.24, 2.45) is 0 Å². The zero-order chi connectivity index (χ0) is 18.8. The number of nitrogens with zero attached hydrogens (tertiary/aromatic N) is 4. The van der Waals surface area contributed by atoms with Gasteiger partial charge in [-0.2, -0.15) is 0 Å². The van der Waals surface area contributed by atoms with Crippen LogP contribution in [0.1, 0.15) is 53.4 Å². The van der Waals surface area contributed by atoms with Gasteiger partial charge in [-0.3, -0.25) is 4.79 Å². The fourth-order valence-corrected chi connectivity index (χ4v) is 5.24. The molecule has 1 aromatic carbocycles. The zero-order valence-electron chi connectivity index (χ0n) is 15.0. The minimum Gasteiger partial charge on any atom is -0.343 e. The van der Waals surface area contributed by atoms with E-state index in [9.17, 15) is 4.79 Å². The highest BCUT2D eigenvalue weighted by atomic mass is 35.5. The van der Waals surface area contributed by atoms with E-state index < -0.39 is 0 Å². The maximum Gasteiger partial charge on any atom is 0.255 e. The van der Waals surface area contributed by atoms with Crippen molar-refractivity contribution in [2.45, 2.75) is 38.0 Å². The van der Waals surface area contributed by atoms with E-state index in [-0.39, 0.29) is 5.91 Å². The summed E-state index contributed by atoms with van der Waals surface area (Å²) in [4.78, 5) is 16.8. The second-order valence-electron chi connectivity index (χ2n) is 7.16. The Labute approximate surface area is 173 Å². The van der Waals surface area contributed by atoms with Crippen molar-refractivity contribution in [1.82, 2.24) is 15.1 Å². The summed E-state index contributed by atoms with van der Waals surface area (Å²) in [6.45, 7) is 2.78. The number of carbonyl (C=O) groups is 1. The molecule has 0 N–H and O–H groups in total. The minimum atomic E-state index is -0.0673. The number of piperazine rings is 1. The highest BCUT2D eigenvalue weighted by Gasteiger charge is 2.27. The van der Waals surface area contributed by atoms with Gasteiger partial charge >= 0.3 is 0 Å². The van der Waals surface area contributed by atoms with Crippen molar-refractivity contribution in [3.8, 4) is 0 Å². The standard InChI is InChI=1S/C19H22Cl2N4OS/c20-14-6-7-16(21)15(12-14)18(26)24-8-10-25(11-9-24)19-23-22-17(27-19)13-4-2-1-3-5-13/h6-7,12-13H,1-5,8-11H2. The monoisotopic (exact) mass is 424 g/mol. The maximum absolute atomic E-state index is 12.8. The van der Waals surface area contributed by atoms with Gasteiger partial charge in [-0.25, -0.2) is 0 Å². The van der Waals surface area contributed by atoms with Crippen LogP contribution in [0.5, 0.6) is 0 Å². The summed E-state index contributed by atoms with van der Waals surface area (Å²) in [5, 5.41) is 12.0. The summed E-state index contributed by atoms with van der Waals surface area (Å²) in [7, 11) is 0. The summed E-state index contributed by atoms with van der Waals surface area (Å²) in [5.41, 5.74) is 0.466. The van der Waals surface area contributed by atoms with E-state index in [0.717, 1.165) is 18.2 Å². The lowest BCUT2D eigenvalue weighted by Crippen LogP contribution is -2.48. The van der Waals surface area contributed by atoms with Gasteiger partial charge in [-0.15, -0.1) is 10.2 Å². The minimum absolute atomic E-state index is 0.0673. The number of anilines is 1. The lowest BCUT2D eigenvalue weighted by Gasteiger charge is -2.34. The van der Waals surface area contributed by atoms with Gasteiger partial charge in [0.2, 0.25) is 5.13 Å². The van der Waals surface area contributed by atoms with Crippen molar-refractivity contribution >= 4 is 45.6 Å². The van der Waals surface area contributed by atoms with Crippen LogP contribution >= 0.6 is 34.5 Å². The lowest BCUT2D eigenvalue weighted by molar-refractivity contribution is 0.0747. The number of aromatic nitrogens is 2. The Kier molecular flexibility index (Phi) is 5.85. The second kappa shape index (κ2) is 8.33. The van der Waals surface area contributed by atoms with E-state index in [1.54, 1.807) is 29.5 Å². The first kappa shape index (κ1) is 19.0. The number of amides is 1. The van der Waals surface area contributed by atoms with Crippen LogP contribution in [0.25, 0.3) is 0 Å². The molecule has 0 radical (unpaired) electrons. The third-order valence-electron chi connectivity index (χ3n) is 5.38. The summed E-state index contributed by atoms with van der Waals surface area (Å²) in [6, 6.07) is 5.00. The molecule has 2 heterocycles. The van der Waals surface area contributed by atoms with E-state index in [1.807, 2.05) is 4.90 Å². The van der Waals surface area contributed by atoms with Crippen LogP contribution in [0.4, 0.5) is 5.13 Å². The van der Waals surface area contributed by atoms with Gasteiger partial charge in [-0.05, 0) is 31.0 Å². The molecule has 0 unspecified atom stereocenters. The molecule has 1 amide bonds. The Morgan fingerprint density at radius 2 is 1.78 bits per heavy atom. The summed E-state index contributed by atoms with van der Waals surface area (Å²) < 4.78 is 0. The zero-order valence-corrected chi connectivity index (χ0v) is 17.4. The van der Waals surface area contributed by atoms with Gasteiger partial charge in [-0.1, -0.05) is 53.8 Å². The molecule has 2 aliphatic rings. The molecule has 2 aromatic rings. The first-order valence-corrected chi connectivity index (χ1v) is 11.0. The normalized spacial score (nSPS) is 18.7. The molecule has 1 saturated carbocycles. The molecule has 27 heavy (non-hydrogen) atoms. The Hall–Kier alpha value is -1.37. The molecule has 144 valence electrons. The van der Waals surface area contributed by atoms with Gasteiger partial charge in [0.05, 0.1) is 10.6 Å². The molecule has 0 bridgehead atoms. The van der Waals surface area contributed by atoms with Gasteiger partial charge in [0.1, 0.15) is 5.01 Å². The van der Waals surface area contributed by atoms with E-state index >= 15 is 0 Å². The number of carbonyl (C=O) groups excluding carboxylic acids is 1. The highest BCUT2D eigenvalue weighted by molar-refractivity contribution is 7.15. The molecule has 0 atom stereocenters. The van der Waals surface area contributed by atoms with E-state index in [2.05, 4.69) is 15.1 Å². The first-order valence-electron chi connectivity index (χ1n) is 9.44. The predicted molar refractivity (Wildman–Crippen MR) is 110 cm³/mol. The van der Waals surface area contributed by atoms with Crippen LogP contribution in [-0.4, -0.2) is 47.2 Å². The molecule has 1 aromatic heterocycles. The number of hydrogen-bond acceptors (Lipinski definition) is 5. The summed E-state index contributed by atoms with van der Waals surface area (Å²) in [5.74, 6) is 0.514.